The Morgan fingerprint density at radius 1 is 0.963 bits per heavy atom. The molecule has 3 atom stereocenters. The Morgan fingerprint density at radius 2 is 1.67 bits per heavy atom. The molecule has 0 spiro atoms. The van der Waals surface area contributed by atoms with Gasteiger partial charge >= 0.3 is 0 Å². The molecule has 2 fully saturated rings. The lowest BCUT2D eigenvalue weighted by molar-refractivity contribution is -0.129. The number of hydrogen-bond acceptors (Lipinski definition) is 3. The van der Waals surface area contributed by atoms with Gasteiger partial charge in [-0.15, -0.1) is 0 Å². The minimum Gasteiger partial charge on any atom is -0.343 e. The number of nitrogens with one attached hydrogen (secondary N) is 1. The minimum absolute atomic E-state index is 0.0224. The van der Waals surface area contributed by atoms with Crippen molar-refractivity contribution in [3.63, 3.8) is 0 Å². The zero-order valence-corrected chi connectivity index (χ0v) is 15.3. The van der Waals surface area contributed by atoms with Crippen LogP contribution in [0, 0.1) is 11.8 Å². The van der Waals surface area contributed by atoms with E-state index in [-0.39, 0.29) is 24.4 Å². The van der Waals surface area contributed by atoms with E-state index < -0.39 is 0 Å². The summed E-state index contributed by atoms with van der Waals surface area (Å²) in [6.45, 7) is 1.54. The first-order chi connectivity index (χ1) is 13.1. The maximum atomic E-state index is 12.4. The van der Waals surface area contributed by atoms with Crippen molar-refractivity contribution in [2.24, 2.45) is 17.6 Å². The molecular formula is C22H25N3O2. The van der Waals surface area contributed by atoms with Crippen molar-refractivity contribution in [2.45, 2.75) is 18.9 Å². The summed E-state index contributed by atoms with van der Waals surface area (Å²) in [6.07, 6.45) is 2.17. The number of carbonyl (C=O) groups is 2. The Kier molecular flexibility index (Phi) is 4.94. The third-order valence-electron chi connectivity index (χ3n) is 5.92. The Morgan fingerprint density at radius 3 is 2.37 bits per heavy atom. The summed E-state index contributed by atoms with van der Waals surface area (Å²) in [6, 6.07) is 17.7. The van der Waals surface area contributed by atoms with Gasteiger partial charge in [0.1, 0.15) is 0 Å². The largest absolute Gasteiger partial charge is 0.343 e. The molecule has 2 aliphatic rings. The average molecular weight is 363 g/mol. The molecule has 27 heavy (non-hydrogen) atoms. The number of nitrogens with two attached hydrogens (primary N) is 1. The lowest BCUT2D eigenvalue weighted by Gasteiger charge is -2.19. The Balaban J connectivity index is 1.31. The van der Waals surface area contributed by atoms with Crippen LogP contribution in [0.1, 0.15) is 23.2 Å². The van der Waals surface area contributed by atoms with Gasteiger partial charge in [-0.3, -0.25) is 9.59 Å². The highest BCUT2D eigenvalue weighted by Gasteiger charge is 2.42. The summed E-state index contributed by atoms with van der Waals surface area (Å²) >= 11 is 0. The van der Waals surface area contributed by atoms with Crippen molar-refractivity contribution in [1.82, 2.24) is 10.2 Å². The van der Waals surface area contributed by atoms with Gasteiger partial charge in [0.25, 0.3) is 5.91 Å². The molecule has 2 amide bonds. The lowest BCUT2D eigenvalue weighted by Crippen LogP contribution is -2.40. The maximum absolute atomic E-state index is 12.4. The first-order valence-corrected chi connectivity index (χ1v) is 9.59. The number of carbonyl (C=O) groups excluding carboxylic acids is 2. The van der Waals surface area contributed by atoms with Crippen LogP contribution in [0.15, 0.2) is 54.6 Å². The van der Waals surface area contributed by atoms with Gasteiger partial charge in [-0.2, -0.15) is 0 Å². The van der Waals surface area contributed by atoms with Crippen molar-refractivity contribution in [2.75, 3.05) is 19.6 Å². The van der Waals surface area contributed by atoms with E-state index in [1.807, 2.05) is 47.4 Å². The molecule has 1 heterocycles. The van der Waals surface area contributed by atoms with Crippen molar-refractivity contribution in [1.29, 1.82) is 0 Å². The number of hydrogen-bond donors (Lipinski definition) is 2. The molecule has 3 unspecified atom stereocenters. The standard InChI is InChI=1S/C22H25N3O2/c23-20-11-10-18-13-25(14-19(18)20)21(26)12-24-22(27)17-8-6-16(7-9-17)15-4-2-1-3-5-15/h1-9,18-20H,10-14,23H2,(H,24,27). The van der Waals surface area contributed by atoms with E-state index >= 15 is 0 Å². The molecule has 0 bridgehead atoms. The van der Waals surface area contributed by atoms with E-state index in [1.54, 1.807) is 12.1 Å². The molecule has 1 saturated heterocycles. The highest BCUT2D eigenvalue weighted by Crippen LogP contribution is 2.37. The number of amides is 2. The molecular weight excluding hydrogens is 338 g/mol. The van der Waals surface area contributed by atoms with E-state index in [4.69, 9.17) is 5.73 Å². The summed E-state index contributed by atoms with van der Waals surface area (Å²) in [5.41, 5.74) is 8.85. The first kappa shape index (κ1) is 17.7. The van der Waals surface area contributed by atoms with Gasteiger partial charge in [0.05, 0.1) is 6.54 Å². The first-order valence-electron chi connectivity index (χ1n) is 9.59. The predicted molar refractivity (Wildman–Crippen MR) is 105 cm³/mol. The third-order valence-corrected chi connectivity index (χ3v) is 5.92. The van der Waals surface area contributed by atoms with Crippen LogP contribution in [0.2, 0.25) is 0 Å². The smallest absolute Gasteiger partial charge is 0.251 e. The quantitative estimate of drug-likeness (QED) is 0.875. The van der Waals surface area contributed by atoms with Gasteiger partial charge in [-0.25, -0.2) is 0 Å². The molecule has 140 valence electrons. The molecule has 5 heteroatoms. The fraction of sp³-hybridized carbons (Fsp3) is 0.364. The number of benzene rings is 2. The zero-order valence-electron chi connectivity index (χ0n) is 15.3. The third kappa shape index (κ3) is 3.74. The molecule has 0 aromatic heterocycles. The molecule has 1 aliphatic carbocycles. The van der Waals surface area contributed by atoms with Crippen LogP contribution in [-0.2, 0) is 4.79 Å². The Hall–Kier alpha value is -2.66. The molecule has 5 nitrogen and oxygen atoms in total. The van der Waals surface area contributed by atoms with Gasteiger partial charge in [0.15, 0.2) is 0 Å². The van der Waals surface area contributed by atoms with Gasteiger partial charge in [0.2, 0.25) is 5.91 Å². The summed E-state index contributed by atoms with van der Waals surface area (Å²) in [5, 5.41) is 2.75. The second-order valence-electron chi connectivity index (χ2n) is 7.59. The van der Waals surface area contributed by atoms with Gasteiger partial charge in [-0.05, 0) is 47.9 Å². The molecule has 4 rings (SSSR count). The van der Waals surface area contributed by atoms with E-state index in [0.29, 0.717) is 17.4 Å². The van der Waals surface area contributed by atoms with Crippen LogP contribution >= 0.6 is 0 Å². The van der Waals surface area contributed by atoms with Crippen molar-refractivity contribution in [3.8, 4) is 11.1 Å². The fourth-order valence-corrected chi connectivity index (χ4v) is 4.33. The second-order valence-corrected chi connectivity index (χ2v) is 7.59. The van der Waals surface area contributed by atoms with Gasteiger partial charge in [-0.1, -0.05) is 42.5 Å². The second kappa shape index (κ2) is 7.53. The average Bonchev–Trinajstić information content (AvgIpc) is 3.29. The molecule has 3 N–H and O–H groups in total. The Bertz CT molecular complexity index is 819. The highest BCUT2D eigenvalue weighted by atomic mass is 16.2. The van der Waals surface area contributed by atoms with Crippen molar-refractivity contribution >= 4 is 11.8 Å². The summed E-state index contributed by atoms with van der Waals surface area (Å²) in [7, 11) is 0. The highest BCUT2D eigenvalue weighted by molar-refractivity contribution is 5.96. The number of nitrogens with zero attached hydrogens (tertiary/aromatic N) is 1. The monoisotopic (exact) mass is 363 g/mol. The van der Waals surface area contributed by atoms with E-state index in [9.17, 15) is 9.59 Å². The lowest BCUT2D eigenvalue weighted by atomic mass is 9.98. The minimum atomic E-state index is -0.223. The summed E-state index contributed by atoms with van der Waals surface area (Å²) in [4.78, 5) is 26.6. The number of likely N-dealkylation sites (tertiary alicyclic amines) is 1. The van der Waals surface area contributed by atoms with Crippen LogP contribution < -0.4 is 11.1 Å². The molecule has 1 saturated carbocycles. The van der Waals surface area contributed by atoms with E-state index in [1.165, 1.54) is 0 Å². The number of fused-ring (bicyclic) bond motifs is 1. The molecule has 1 aliphatic heterocycles. The number of rotatable bonds is 4. The molecule has 2 aromatic carbocycles. The van der Waals surface area contributed by atoms with Gasteiger partial charge < -0.3 is 16.0 Å². The van der Waals surface area contributed by atoms with Crippen LogP contribution in [0.5, 0.6) is 0 Å². The van der Waals surface area contributed by atoms with Crippen LogP contribution in [0.25, 0.3) is 11.1 Å². The van der Waals surface area contributed by atoms with Crippen molar-refractivity contribution < 1.29 is 9.59 Å². The van der Waals surface area contributed by atoms with Gasteiger partial charge in [0, 0.05) is 24.7 Å². The topological polar surface area (TPSA) is 75.4 Å². The van der Waals surface area contributed by atoms with Crippen LogP contribution in [0.3, 0.4) is 0 Å². The van der Waals surface area contributed by atoms with E-state index in [0.717, 1.165) is 37.1 Å². The fourth-order valence-electron chi connectivity index (χ4n) is 4.33. The summed E-state index contributed by atoms with van der Waals surface area (Å²) in [5.74, 6) is 0.713. The van der Waals surface area contributed by atoms with Crippen LogP contribution in [-0.4, -0.2) is 42.4 Å². The molecule has 2 aromatic rings. The zero-order chi connectivity index (χ0) is 18.8. The SMILES string of the molecule is NC1CCC2CN(C(=O)CNC(=O)c3ccc(-c4ccccc4)cc3)CC12. The van der Waals surface area contributed by atoms with Crippen molar-refractivity contribution in [3.05, 3.63) is 60.2 Å². The maximum Gasteiger partial charge on any atom is 0.251 e. The molecule has 0 radical (unpaired) electrons. The van der Waals surface area contributed by atoms with Crippen LogP contribution in [0.4, 0.5) is 0 Å². The summed E-state index contributed by atoms with van der Waals surface area (Å²) < 4.78 is 0. The Labute approximate surface area is 159 Å². The predicted octanol–water partition coefficient (Wildman–Crippen LogP) is 2.28. The normalized spacial score (nSPS) is 23.9. The van der Waals surface area contributed by atoms with E-state index in [2.05, 4.69) is 5.32 Å².